The van der Waals surface area contributed by atoms with Crippen LogP contribution in [0, 0.1) is 6.92 Å². The Hall–Kier alpha value is -3.86. The summed E-state index contributed by atoms with van der Waals surface area (Å²) in [4.78, 5) is 42.9. The molecular formula is C25H22ClF3N4O4. The molecule has 0 aliphatic rings. The van der Waals surface area contributed by atoms with Crippen molar-refractivity contribution in [2.45, 2.75) is 46.5 Å². The molecule has 0 aliphatic carbocycles. The summed E-state index contributed by atoms with van der Waals surface area (Å²) in [5.74, 6) is -0.759. The average Bonchev–Trinajstić information content (AvgIpc) is 3.21. The van der Waals surface area contributed by atoms with Gasteiger partial charge >= 0.3 is 17.8 Å². The van der Waals surface area contributed by atoms with Crippen LogP contribution >= 0.6 is 11.6 Å². The molecule has 0 bridgehead atoms. The molecule has 37 heavy (non-hydrogen) atoms. The summed E-state index contributed by atoms with van der Waals surface area (Å²) < 4.78 is 43.6. The van der Waals surface area contributed by atoms with Crippen molar-refractivity contribution < 1.29 is 23.1 Å². The van der Waals surface area contributed by atoms with Gasteiger partial charge in [0.25, 0.3) is 5.56 Å². The fourth-order valence-electron chi connectivity index (χ4n) is 4.40. The number of carbonyl (C=O) groups is 1. The number of hydrogen-bond acceptors (Lipinski definition) is 4. The van der Waals surface area contributed by atoms with Crippen LogP contribution in [0.3, 0.4) is 0 Å². The van der Waals surface area contributed by atoms with Crippen molar-refractivity contribution in [3.8, 4) is 5.69 Å². The van der Waals surface area contributed by atoms with E-state index in [0.29, 0.717) is 28.6 Å². The number of aromatic carboxylic acids is 1. The van der Waals surface area contributed by atoms with Crippen LogP contribution in [-0.4, -0.2) is 29.8 Å². The van der Waals surface area contributed by atoms with E-state index in [2.05, 4.69) is 4.98 Å². The minimum absolute atomic E-state index is 0.161. The lowest BCUT2D eigenvalue weighted by molar-refractivity contribution is -0.137. The predicted molar refractivity (Wildman–Crippen MR) is 132 cm³/mol. The number of rotatable bonds is 6. The first-order valence-electron chi connectivity index (χ1n) is 11.3. The van der Waals surface area contributed by atoms with Crippen molar-refractivity contribution in [1.82, 2.24) is 18.7 Å². The second-order valence-electron chi connectivity index (χ2n) is 8.37. The third kappa shape index (κ3) is 4.43. The smallest absolute Gasteiger partial charge is 0.417 e. The number of aryl methyl sites for hydroxylation is 3. The normalized spacial score (nSPS) is 11.9. The number of imidazole rings is 1. The highest BCUT2D eigenvalue weighted by Crippen LogP contribution is 2.36. The number of benzene rings is 2. The molecule has 8 nitrogen and oxygen atoms in total. The quantitative estimate of drug-likeness (QED) is 0.388. The van der Waals surface area contributed by atoms with Crippen molar-refractivity contribution in [2.75, 3.05) is 0 Å². The zero-order valence-electron chi connectivity index (χ0n) is 20.1. The molecule has 0 atom stereocenters. The fraction of sp³-hybridized carbons (Fsp3) is 0.280. The molecule has 2 heterocycles. The maximum Gasteiger partial charge on any atom is 0.417 e. The summed E-state index contributed by atoms with van der Waals surface area (Å²) >= 11 is 5.97. The highest BCUT2D eigenvalue weighted by Gasteiger charge is 2.34. The monoisotopic (exact) mass is 534 g/mol. The van der Waals surface area contributed by atoms with Crippen LogP contribution in [0.5, 0.6) is 0 Å². The molecule has 1 N–H and O–H groups in total. The van der Waals surface area contributed by atoms with Crippen LogP contribution in [0.1, 0.15) is 46.7 Å². The van der Waals surface area contributed by atoms with Gasteiger partial charge in [0.1, 0.15) is 11.4 Å². The Balaban J connectivity index is 1.97. The van der Waals surface area contributed by atoms with Gasteiger partial charge < -0.3 is 9.67 Å². The summed E-state index contributed by atoms with van der Waals surface area (Å²) in [5, 5.41) is 8.97. The molecule has 0 saturated carbocycles. The summed E-state index contributed by atoms with van der Waals surface area (Å²) in [6, 6.07) is 6.48. The first kappa shape index (κ1) is 26.2. The van der Waals surface area contributed by atoms with Crippen molar-refractivity contribution in [3.05, 3.63) is 90.5 Å². The Morgan fingerprint density at radius 2 is 1.81 bits per heavy atom. The van der Waals surface area contributed by atoms with Crippen LogP contribution in [0.15, 0.2) is 46.1 Å². The molecular weight excluding hydrogens is 513 g/mol. The Kier molecular flexibility index (Phi) is 6.76. The zero-order chi connectivity index (χ0) is 27.2. The third-order valence-corrected chi connectivity index (χ3v) is 6.68. The number of alkyl halides is 3. The van der Waals surface area contributed by atoms with E-state index in [1.807, 2.05) is 18.4 Å². The third-order valence-electron chi connectivity index (χ3n) is 6.23. The molecule has 12 heteroatoms. The highest BCUT2D eigenvalue weighted by molar-refractivity contribution is 6.32. The number of aromatic nitrogens is 4. The van der Waals surface area contributed by atoms with E-state index in [0.717, 1.165) is 34.2 Å². The number of carboxylic acids is 1. The van der Waals surface area contributed by atoms with Crippen LogP contribution in [0.4, 0.5) is 13.2 Å². The Morgan fingerprint density at radius 3 is 2.41 bits per heavy atom. The fourth-order valence-corrected chi connectivity index (χ4v) is 4.69. The molecule has 2 aromatic carbocycles. The summed E-state index contributed by atoms with van der Waals surface area (Å²) in [5.41, 5.74) is -1.82. The Morgan fingerprint density at radius 1 is 1.11 bits per heavy atom. The molecule has 194 valence electrons. The van der Waals surface area contributed by atoms with Gasteiger partial charge in [-0.2, -0.15) is 13.2 Å². The summed E-state index contributed by atoms with van der Waals surface area (Å²) in [7, 11) is 0. The van der Waals surface area contributed by atoms with Crippen LogP contribution in [0.25, 0.3) is 16.7 Å². The lowest BCUT2D eigenvalue weighted by Crippen LogP contribution is -2.42. The Labute approximate surface area is 213 Å². The van der Waals surface area contributed by atoms with E-state index in [-0.39, 0.29) is 11.3 Å². The molecule has 0 radical (unpaired) electrons. The van der Waals surface area contributed by atoms with Gasteiger partial charge in [-0.15, -0.1) is 0 Å². The number of fused-ring (bicyclic) bond motifs is 1. The molecule has 0 aliphatic heterocycles. The molecule has 0 amide bonds. The standard InChI is InChI=1S/C25H22ClF3N4O4/c1-4-19-30-21-13(3)17(9-10-18(21)31(19)5-2)32-12-15(23(35)36)22(34)33(24(32)37)11-14-7-6-8-16(20(14)26)25(27,28)29/h6-10,12H,4-5,11H2,1-3H3,(H,35,36). The van der Waals surface area contributed by atoms with Crippen molar-refractivity contribution in [1.29, 1.82) is 0 Å². The van der Waals surface area contributed by atoms with E-state index in [1.165, 1.54) is 6.07 Å². The second kappa shape index (κ2) is 9.55. The first-order valence-corrected chi connectivity index (χ1v) is 11.7. The molecule has 0 fully saturated rings. The molecule has 0 unspecified atom stereocenters. The molecule has 4 rings (SSSR count). The minimum Gasteiger partial charge on any atom is -0.477 e. The second-order valence-corrected chi connectivity index (χ2v) is 8.75. The van der Waals surface area contributed by atoms with Crippen LogP contribution < -0.4 is 11.2 Å². The number of halogens is 4. The minimum atomic E-state index is -4.76. The molecule has 0 spiro atoms. The van der Waals surface area contributed by atoms with E-state index < -0.39 is 46.1 Å². The maximum absolute atomic E-state index is 13.5. The van der Waals surface area contributed by atoms with E-state index in [4.69, 9.17) is 11.6 Å². The highest BCUT2D eigenvalue weighted by atomic mass is 35.5. The summed E-state index contributed by atoms with van der Waals surface area (Å²) in [6.45, 7) is 5.66. The number of carboxylic acid groups (broad SMARTS) is 1. The molecule has 2 aromatic heterocycles. The van der Waals surface area contributed by atoms with Gasteiger partial charge in [-0.3, -0.25) is 13.9 Å². The van der Waals surface area contributed by atoms with Gasteiger partial charge in [-0.05, 0) is 37.6 Å². The largest absolute Gasteiger partial charge is 0.477 e. The average molecular weight is 535 g/mol. The van der Waals surface area contributed by atoms with Gasteiger partial charge in [-0.1, -0.05) is 30.7 Å². The van der Waals surface area contributed by atoms with Gasteiger partial charge in [0.05, 0.1) is 33.9 Å². The maximum atomic E-state index is 13.5. The number of nitrogens with zero attached hydrogens (tertiary/aromatic N) is 4. The van der Waals surface area contributed by atoms with E-state index >= 15 is 0 Å². The predicted octanol–water partition coefficient (Wildman–Crippen LogP) is 4.66. The van der Waals surface area contributed by atoms with Gasteiger partial charge in [0.15, 0.2) is 0 Å². The van der Waals surface area contributed by atoms with Crippen molar-refractivity contribution in [2.24, 2.45) is 0 Å². The topological polar surface area (TPSA) is 99.1 Å². The van der Waals surface area contributed by atoms with Gasteiger partial charge in [0, 0.05) is 24.7 Å². The zero-order valence-corrected chi connectivity index (χ0v) is 20.8. The van der Waals surface area contributed by atoms with Crippen LogP contribution in [-0.2, 0) is 25.7 Å². The van der Waals surface area contributed by atoms with E-state index in [1.54, 1.807) is 19.1 Å². The van der Waals surface area contributed by atoms with E-state index in [9.17, 15) is 32.7 Å². The van der Waals surface area contributed by atoms with Gasteiger partial charge in [0.2, 0.25) is 0 Å². The first-order chi connectivity index (χ1) is 17.4. The Bertz CT molecular complexity index is 1670. The van der Waals surface area contributed by atoms with Crippen LogP contribution in [0.2, 0.25) is 5.02 Å². The molecule has 4 aromatic rings. The summed E-state index contributed by atoms with van der Waals surface area (Å²) in [6.07, 6.45) is -3.17. The van der Waals surface area contributed by atoms with Crippen molar-refractivity contribution in [3.63, 3.8) is 0 Å². The molecule has 0 saturated heterocycles. The SMILES string of the molecule is CCc1nc2c(C)c(-n3cc(C(=O)O)c(=O)n(Cc4cccc(C(F)(F)F)c4Cl)c3=O)ccc2n1CC. The van der Waals surface area contributed by atoms with Gasteiger partial charge in [-0.25, -0.2) is 14.6 Å². The lowest BCUT2D eigenvalue weighted by Gasteiger charge is -2.16. The van der Waals surface area contributed by atoms with Crippen molar-refractivity contribution >= 4 is 28.6 Å². The lowest BCUT2D eigenvalue weighted by atomic mass is 10.1. The number of hydrogen-bond donors (Lipinski definition) is 1.